The number of Topliss-reactive ketones (excluding diaryl/α,β-unsaturated/α-hetero) is 2. The minimum Gasteiger partial charge on any atom is -0.508 e. The predicted octanol–water partition coefficient (Wildman–Crippen LogP) is 1.89. The maximum Gasteiger partial charge on any atom is 0.255 e. The molecule has 1 fully saturated rings. The summed E-state index contributed by atoms with van der Waals surface area (Å²) in [6.07, 6.45) is -0.0598. The molecular formula is C29H26N2O7. The van der Waals surface area contributed by atoms with E-state index in [1.165, 1.54) is 0 Å². The third-order valence-corrected chi connectivity index (χ3v) is 7.64. The number of hydrogen-bond donors (Lipinski definition) is 5. The Labute approximate surface area is 218 Å². The molecule has 3 aliphatic carbocycles. The standard InChI is InChI=1S/C29H26N2O7/c1-31(2)19-12-15(9-8-14-6-4-3-5-7-14)24(33)22-18(19)11-16-10-17-13-20(32)23(28(30)37)27(36)29(17,38)26(35)21(16)25(22)34/h3-7,12,16-17,33-34,36,38H,10-11,13H2,1-2H3,(H2,30,37). The Morgan fingerprint density at radius 2 is 1.76 bits per heavy atom. The fourth-order valence-corrected chi connectivity index (χ4v) is 5.82. The van der Waals surface area contributed by atoms with Crippen molar-refractivity contribution in [2.45, 2.75) is 24.9 Å². The highest BCUT2D eigenvalue weighted by atomic mass is 16.3. The number of nitrogens with zero attached hydrogens (tertiary/aromatic N) is 1. The van der Waals surface area contributed by atoms with Crippen molar-refractivity contribution in [1.29, 1.82) is 0 Å². The predicted molar refractivity (Wildman–Crippen MR) is 138 cm³/mol. The van der Waals surface area contributed by atoms with E-state index in [1.54, 1.807) is 20.2 Å². The van der Waals surface area contributed by atoms with Crippen molar-refractivity contribution in [2.75, 3.05) is 19.0 Å². The van der Waals surface area contributed by atoms with Crippen molar-refractivity contribution in [3.63, 3.8) is 0 Å². The van der Waals surface area contributed by atoms with Gasteiger partial charge in [-0.1, -0.05) is 30.0 Å². The summed E-state index contributed by atoms with van der Waals surface area (Å²) in [5.74, 6) is -0.702. The summed E-state index contributed by atoms with van der Waals surface area (Å²) < 4.78 is 0. The molecule has 2 aromatic rings. The van der Waals surface area contributed by atoms with E-state index < -0.39 is 52.0 Å². The fourth-order valence-electron chi connectivity index (χ4n) is 5.82. The number of primary amides is 1. The molecule has 194 valence electrons. The molecule has 38 heavy (non-hydrogen) atoms. The van der Waals surface area contributed by atoms with Crippen LogP contribution in [0.15, 0.2) is 53.3 Å². The average Bonchev–Trinajstić information content (AvgIpc) is 2.86. The number of fused-ring (bicyclic) bond motifs is 3. The number of anilines is 1. The number of carbonyl (C=O) groups is 3. The highest BCUT2D eigenvalue weighted by Gasteiger charge is 2.60. The van der Waals surface area contributed by atoms with Crippen LogP contribution in [-0.4, -0.2) is 57.6 Å². The zero-order valence-electron chi connectivity index (χ0n) is 20.8. The quantitative estimate of drug-likeness (QED) is 0.300. The lowest BCUT2D eigenvalue weighted by atomic mass is 9.59. The highest BCUT2D eigenvalue weighted by molar-refractivity contribution is 6.22. The number of benzene rings is 2. The molecule has 9 nitrogen and oxygen atoms in total. The molecule has 3 aliphatic rings. The van der Waals surface area contributed by atoms with Gasteiger partial charge in [0, 0.05) is 43.3 Å². The molecule has 3 unspecified atom stereocenters. The second kappa shape index (κ2) is 8.78. The number of amides is 1. The van der Waals surface area contributed by atoms with Crippen LogP contribution in [0.5, 0.6) is 5.75 Å². The zero-order valence-corrected chi connectivity index (χ0v) is 20.8. The van der Waals surface area contributed by atoms with Gasteiger partial charge in [-0.2, -0.15) is 0 Å². The van der Waals surface area contributed by atoms with E-state index in [1.807, 2.05) is 35.2 Å². The molecule has 2 aromatic carbocycles. The summed E-state index contributed by atoms with van der Waals surface area (Å²) in [7, 11) is 3.60. The summed E-state index contributed by atoms with van der Waals surface area (Å²) in [4.78, 5) is 39.8. The van der Waals surface area contributed by atoms with Gasteiger partial charge >= 0.3 is 0 Å². The van der Waals surface area contributed by atoms with E-state index in [0.717, 1.165) is 0 Å². The molecule has 3 atom stereocenters. The minimum atomic E-state index is -2.60. The molecule has 5 rings (SSSR count). The lowest BCUT2D eigenvalue weighted by Gasteiger charge is -2.46. The molecule has 9 heteroatoms. The van der Waals surface area contributed by atoms with Gasteiger partial charge in [-0.05, 0) is 42.5 Å². The molecule has 0 heterocycles. The molecule has 0 radical (unpaired) electrons. The van der Waals surface area contributed by atoms with Crippen LogP contribution in [0.4, 0.5) is 5.69 Å². The summed E-state index contributed by atoms with van der Waals surface area (Å²) >= 11 is 0. The molecule has 1 amide bonds. The van der Waals surface area contributed by atoms with Gasteiger partial charge in [-0.3, -0.25) is 14.4 Å². The number of aromatic hydroxyl groups is 1. The number of aliphatic hydroxyl groups is 3. The number of phenolic OH excluding ortho intramolecular Hbond substituents is 1. The van der Waals surface area contributed by atoms with Gasteiger partial charge in [0.25, 0.3) is 5.91 Å². The molecule has 0 saturated heterocycles. The van der Waals surface area contributed by atoms with Gasteiger partial charge in [0.15, 0.2) is 11.4 Å². The first-order valence-electron chi connectivity index (χ1n) is 12.1. The van der Waals surface area contributed by atoms with E-state index in [-0.39, 0.29) is 41.7 Å². The minimum absolute atomic E-state index is 0.0145. The fraction of sp³-hybridized carbons (Fsp3) is 0.276. The first-order chi connectivity index (χ1) is 18.0. The Kier molecular flexibility index (Phi) is 5.80. The molecule has 0 aliphatic heterocycles. The van der Waals surface area contributed by atoms with Gasteiger partial charge in [0.05, 0.1) is 11.1 Å². The van der Waals surface area contributed by atoms with Crippen molar-refractivity contribution in [3.05, 3.63) is 75.6 Å². The summed E-state index contributed by atoms with van der Waals surface area (Å²) in [6.45, 7) is 0. The van der Waals surface area contributed by atoms with E-state index in [2.05, 4.69) is 11.8 Å². The monoisotopic (exact) mass is 514 g/mol. The smallest absolute Gasteiger partial charge is 0.255 e. The Morgan fingerprint density at radius 3 is 2.39 bits per heavy atom. The van der Waals surface area contributed by atoms with Crippen molar-refractivity contribution in [3.8, 4) is 17.6 Å². The second-order valence-corrected chi connectivity index (χ2v) is 10.1. The van der Waals surface area contributed by atoms with Crippen molar-refractivity contribution < 1.29 is 34.8 Å². The highest BCUT2D eigenvalue weighted by Crippen LogP contribution is 2.53. The number of aliphatic hydroxyl groups excluding tert-OH is 2. The molecule has 0 aromatic heterocycles. The van der Waals surface area contributed by atoms with E-state index in [0.29, 0.717) is 16.8 Å². The Morgan fingerprint density at radius 1 is 1.08 bits per heavy atom. The maximum absolute atomic E-state index is 13.7. The SMILES string of the molecule is CN(C)c1cc(C#Cc2ccccc2)c(O)c2c1CC1CC3CC(=O)C(C(N)=O)=C(O)C3(O)C(=O)C1=C2O. The van der Waals surface area contributed by atoms with Crippen LogP contribution in [-0.2, 0) is 20.8 Å². The van der Waals surface area contributed by atoms with Crippen molar-refractivity contribution in [1.82, 2.24) is 0 Å². The Bertz CT molecular complexity index is 1540. The number of carbonyl (C=O) groups excluding carboxylic acids is 3. The summed E-state index contributed by atoms with van der Waals surface area (Å²) in [5.41, 5.74) is 3.85. The van der Waals surface area contributed by atoms with Gasteiger partial charge in [-0.25, -0.2) is 0 Å². The van der Waals surface area contributed by atoms with E-state index in [9.17, 15) is 34.8 Å². The van der Waals surface area contributed by atoms with E-state index >= 15 is 0 Å². The maximum atomic E-state index is 13.7. The molecule has 0 spiro atoms. The normalized spacial score (nSPS) is 24.2. The first-order valence-corrected chi connectivity index (χ1v) is 12.1. The molecular weight excluding hydrogens is 488 g/mol. The molecule has 1 saturated carbocycles. The average molecular weight is 515 g/mol. The van der Waals surface area contributed by atoms with Gasteiger partial charge in [0.2, 0.25) is 5.78 Å². The Hall–Kier alpha value is -4.55. The van der Waals surface area contributed by atoms with Crippen LogP contribution in [0.25, 0.3) is 5.76 Å². The summed E-state index contributed by atoms with van der Waals surface area (Å²) in [5, 5.41) is 44.7. The van der Waals surface area contributed by atoms with E-state index in [4.69, 9.17) is 5.73 Å². The lowest BCUT2D eigenvalue weighted by molar-refractivity contribution is -0.147. The number of hydrogen-bond acceptors (Lipinski definition) is 8. The Balaban J connectivity index is 1.71. The second-order valence-electron chi connectivity index (χ2n) is 10.1. The first kappa shape index (κ1) is 25.1. The van der Waals surface area contributed by atoms with Crippen LogP contribution in [0, 0.1) is 23.7 Å². The van der Waals surface area contributed by atoms with Gasteiger partial charge < -0.3 is 31.1 Å². The van der Waals surface area contributed by atoms with Crippen LogP contribution >= 0.6 is 0 Å². The van der Waals surface area contributed by atoms with Gasteiger partial charge in [-0.15, -0.1) is 0 Å². The van der Waals surface area contributed by atoms with Crippen molar-refractivity contribution >= 4 is 28.9 Å². The molecule has 0 bridgehead atoms. The third kappa shape index (κ3) is 3.56. The number of nitrogens with two attached hydrogens (primary N) is 1. The number of rotatable bonds is 2. The number of phenols is 1. The van der Waals surface area contributed by atoms with Crippen LogP contribution in [0.1, 0.15) is 35.1 Å². The topological polar surface area (TPSA) is 161 Å². The zero-order chi connectivity index (χ0) is 27.5. The number of ketones is 2. The van der Waals surface area contributed by atoms with Gasteiger partial charge in [0.1, 0.15) is 22.8 Å². The lowest BCUT2D eigenvalue weighted by Crippen LogP contribution is -2.58. The van der Waals surface area contributed by atoms with Crippen molar-refractivity contribution in [2.24, 2.45) is 17.6 Å². The van der Waals surface area contributed by atoms with Crippen LogP contribution < -0.4 is 10.6 Å². The van der Waals surface area contributed by atoms with Crippen LogP contribution in [0.2, 0.25) is 0 Å². The van der Waals surface area contributed by atoms with Crippen LogP contribution in [0.3, 0.4) is 0 Å². The largest absolute Gasteiger partial charge is 0.508 e. The molecule has 6 N–H and O–H groups in total. The third-order valence-electron chi connectivity index (χ3n) is 7.64. The summed E-state index contributed by atoms with van der Waals surface area (Å²) in [6, 6.07) is 10.8.